The van der Waals surface area contributed by atoms with Crippen molar-refractivity contribution >= 4 is 15.7 Å². The Morgan fingerprint density at radius 1 is 1.16 bits per heavy atom. The minimum Gasteiger partial charge on any atom is -0.382 e. The average Bonchev–Trinajstić information content (AvgIpc) is 2.58. The molecule has 0 aliphatic heterocycles. The van der Waals surface area contributed by atoms with Gasteiger partial charge < -0.3 is 5.73 Å². The maximum Gasteiger partial charge on any atom is 0.180 e. The van der Waals surface area contributed by atoms with Crippen LogP contribution in [0.25, 0.3) is 5.69 Å². The number of aromatic nitrogens is 2. The number of aryl methyl sites for hydroxylation is 3. The van der Waals surface area contributed by atoms with Gasteiger partial charge in [0.15, 0.2) is 9.84 Å². The van der Waals surface area contributed by atoms with Gasteiger partial charge in [-0.05, 0) is 31.9 Å². The van der Waals surface area contributed by atoms with Crippen molar-refractivity contribution in [2.24, 2.45) is 0 Å². The van der Waals surface area contributed by atoms with Crippen LogP contribution in [-0.2, 0) is 9.84 Å². The maximum atomic E-state index is 11.6. The molecule has 0 aliphatic carbocycles. The first-order valence-corrected chi connectivity index (χ1v) is 7.72. The van der Waals surface area contributed by atoms with Gasteiger partial charge in [-0.25, -0.2) is 13.1 Å². The molecule has 19 heavy (non-hydrogen) atoms. The van der Waals surface area contributed by atoms with Gasteiger partial charge in [0, 0.05) is 6.26 Å². The Kier molecular flexibility index (Phi) is 3.14. The van der Waals surface area contributed by atoms with Crippen molar-refractivity contribution in [1.82, 2.24) is 9.78 Å². The van der Waals surface area contributed by atoms with E-state index in [2.05, 4.69) is 5.10 Å². The normalized spacial score (nSPS) is 11.8. The Morgan fingerprint density at radius 2 is 1.68 bits per heavy atom. The number of anilines is 1. The summed E-state index contributed by atoms with van der Waals surface area (Å²) in [6.07, 6.45) is 2.42. The molecular weight excluding hydrogens is 262 g/mol. The Morgan fingerprint density at radius 3 is 2.11 bits per heavy atom. The second-order valence-electron chi connectivity index (χ2n) is 4.83. The number of nitrogens with zero attached hydrogens (tertiary/aromatic N) is 2. The lowest BCUT2D eigenvalue weighted by Crippen LogP contribution is -2.08. The summed E-state index contributed by atoms with van der Waals surface area (Å²) in [4.78, 5) is 0.0619. The quantitative estimate of drug-likeness (QED) is 0.909. The summed E-state index contributed by atoms with van der Waals surface area (Å²) in [5.41, 5.74) is 9.91. The highest BCUT2D eigenvalue weighted by Crippen LogP contribution is 2.26. The molecule has 5 nitrogen and oxygen atoms in total. The zero-order valence-corrected chi connectivity index (χ0v) is 12.2. The molecule has 102 valence electrons. The van der Waals surface area contributed by atoms with Gasteiger partial charge in [-0.15, -0.1) is 0 Å². The van der Waals surface area contributed by atoms with Gasteiger partial charge in [0.2, 0.25) is 0 Å². The summed E-state index contributed by atoms with van der Waals surface area (Å²) in [6.45, 7) is 5.92. The lowest BCUT2D eigenvalue weighted by molar-refractivity contribution is 0.602. The zero-order chi connectivity index (χ0) is 14.4. The standard InChI is InChI=1S/C13H17N3O2S/c1-8-5-9(2)12(10(3)6-8)16-13(14)11(7-15-16)19(4,17)18/h5-7H,14H2,1-4H3. The van der Waals surface area contributed by atoms with Gasteiger partial charge >= 0.3 is 0 Å². The zero-order valence-electron chi connectivity index (χ0n) is 11.4. The number of rotatable bonds is 2. The van der Waals surface area contributed by atoms with Crippen molar-refractivity contribution in [3.05, 3.63) is 35.0 Å². The van der Waals surface area contributed by atoms with Crippen molar-refractivity contribution < 1.29 is 8.42 Å². The lowest BCUT2D eigenvalue weighted by atomic mass is 10.1. The minimum absolute atomic E-state index is 0.0619. The van der Waals surface area contributed by atoms with Crippen LogP contribution in [0.3, 0.4) is 0 Å². The molecule has 6 heteroatoms. The summed E-state index contributed by atoms with van der Waals surface area (Å²) >= 11 is 0. The summed E-state index contributed by atoms with van der Waals surface area (Å²) in [7, 11) is -3.36. The Bertz CT molecular complexity index is 722. The van der Waals surface area contributed by atoms with E-state index in [0.717, 1.165) is 28.6 Å². The van der Waals surface area contributed by atoms with E-state index < -0.39 is 9.84 Å². The SMILES string of the molecule is Cc1cc(C)c(-n2ncc(S(C)(=O)=O)c2N)c(C)c1. The maximum absolute atomic E-state index is 11.6. The smallest absolute Gasteiger partial charge is 0.180 e. The summed E-state index contributed by atoms with van der Waals surface area (Å²) in [5, 5.41) is 4.12. The van der Waals surface area contributed by atoms with Crippen LogP contribution in [0.5, 0.6) is 0 Å². The van der Waals surface area contributed by atoms with E-state index in [0.29, 0.717) is 0 Å². The van der Waals surface area contributed by atoms with Crippen LogP contribution in [0.15, 0.2) is 23.2 Å². The van der Waals surface area contributed by atoms with Gasteiger partial charge in [-0.2, -0.15) is 5.10 Å². The third-order valence-corrected chi connectivity index (χ3v) is 4.13. The Hall–Kier alpha value is -1.82. The highest BCUT2D eigenvalue weighted by atomic mass is 32.2. The van der Waals surface area contributed by atoms with Crippen molar-refractivity contribution in [3.8, 4) is 5.69 Å². The predicted molar refractivity (Wildman–Crippen MR) is 75.3 cm³/mol. The largest absolute Gasteiger partial charge is 0.382 e. The van der Waals surface area contributed by atoms with Gasteiger partial charge in [0.05, 0.1) is 11.9 Å². The van der Waals surface area contributed by atoms with Crippen molar-refractivity contribution in [2.45, 2.75) is 25.7 Å². The molecule has 0 atom stereocenters. The van der Waals surface area contributed by atoms with E-state index in [9.17, 15) is 8.42 Å². The summed E-state index contributed by atoms with van der Waals surface area (Å²) in [6, 6.07) is 4.03. The van der Waals surface area contributed by atoms with E-state index >= 15 is 0 Å². The Balaban J connectivity index is 2.72. The fourth-order valence-corrected chi connectivity index (χ4v) is 3.02. The fourth-order valence-electron chi connectivity index (χ4n) is 2.31. The van der Waals surface area contributed by atoms with E-state index in [4.69, 9.17) is 5.73 Å². The van der Waals surface area contributed by atoms with E-state index in [-0.39, 0.29) is 10.7 Å². The predicted octanol–water partition coefficient (Wildman–Crippen LogP) is 1.78. The molecule has 2 aromatic rings. The average molecular weight is 279 g/mol. The second kappa shape index (κ2) is 4.38. The molecule has 2 rings (SSSR count). The number of benzene rings is 1. The van der Waals surface area contributed by atoms with Crippen LogP contribution in [0.2, 0.25) is 0 Å². The molecule has 0 aliphatic rings. The molecule has 0 bridgehead atoms. The molecule has 0 saturated heterocycles. The van der Waals surface area contributed by atoms with Crippen LogP contribution in [0, 0.1) is 20.8 Å². The summed E-state index contributed by atoms with van der Waals surface area (Å²) in [5.74, 6) is 0.151. The molecule has 1 aromatic carbocycles. The molecular formula is C13H17N3O2S. The number of nitrogen functional groups attached to an aromatic ring is 1. The molecule has 0 unspecified atom stereocenters. The Labute approximate surface area is 113 Å². The van der Waals surface area contributed by atoms with Crippen LogP contribution >= 0.6 is 0 Å². The van der Waals surface area contributed by atoms with Crippen molar-refractivity contribution in [1.29, 1.82) is 0 Å². The molecule has 1 heterocycles. The fraction of sp³-hybridized carbons (Fsp3) is 0.308. The minimum atomic E-state index is -3.36. The number of hydrogen-bond donors (Lipinski definition) is 1. The number of sulfone groups is 1. The highest BCUT2D eigenvalue weighted by molar-refractivity contribution is 7.90. The third-order valence-electron chi connectivity index (χ3n) is 3.02. The molecule has 0 spiro atoms. The van der Waals surface area contributed by atoms with Crippen molar-refractivity contribution in [2.75, 3.05) is 12.0 Å². The van der Waals surface area contributed by atoms with E-state index in [1.807, 2.05) is 32.9 Å². The first kappa shape index (κ1) is 13.6. The lowest BCUT2D eigenvalue weighted by Gasteiger charge is -2.12. The monoisotopic (exact) mass is 279 g/mol. The molecule has 0 fully saturated rings. The molecule has 0 saturated carbocycles. The molecule has 2 N–H and O–H groups in total. The molecule has 0 amide bonds. The second-order valence-corrected chi connectivity index (χ2v) is 6.81. The third kappa shape index (κ3) is 2.35. The van der Waals surface area contributed by atoms with Crippen LogP contribution in [0.4, 0.5) is 5.82 Å². The topological polar surface area (TPSA) is 78.0 Å². The van der Waals surface area contributed by atoms with Gasteiger partial charge in [0.1, 0.15) is 10.7 Å². The summed E-state index contributed by atoms with van der Waals surface area (Å²) < 4.78 is 24.7. The first-order valence-electron chi connectivity index (χ1n) is 5.83. The molecule has 0 radical (unpaired) electrons. The van der Waals surface area contributed by atoms with Gasteiger partial charge in [0.25, 0.3) is 0 Å². The van der Waals surface area contributed by atoms with Gasteiger partial charge in [-0.1, -0.05) is 17.7 Å². The van der Waals surface area contributed by atoms with Crippen LogP contribution < -0.4 is 5.73 Å². The number of nitrogens with two attached hydrogens (primary N) is 1. The number of hydrogen-bond acceptors (Lipinski definition) is 4. The van der Waals surface area contributed by atoms with Crippen molar-refractivity contribution in [3.63, 3.8) is 0 Å². The molecule has 1 aromatic heterocycles. The van der Waals surface area contributed by atoms with E-state index in [1.54, 1.807) is 0 Å². The highest BCUT2D eigenvalue weighted by Gasteiger charge is 2.19. The van der Waals surface area contributed by atoms with Crippen LogP contribution in [-0.4, -0.2) is 24.5 Å². The van der Waals surface area contributed by atoms with Gasteiger partial charge in [-0.3, -0.25) is 0 Å². The van der Waals surface area contributed by atoms with E-state index in [1.165, 1.54) is 10.9 Å². The van der Waals surface area contributed by atoms with Crippen LogP contribution in [0.1, 0.15) is 16.7 Å². The first-order chi connectivity index (χ1) is 8.71.